The van der Waals surface area contributed by atoms with Crippen LogP contribution in [0.4, 0.5) is 14.6 Å². The maximum Gasteiger partial charge on any atom is 0.183 e. The minimum atomic E-state index is -0.909. The van der Waals surface area contributed by atoms with E-state index in [1.807, 2.05) is 0 Å². The molecule has 1 saturated carbocycles. The third kappa shape index (κ3) is 2.40. The molecule has 0 spiro atoms. The normalized spacial score (nSPS) is 26.3. The van der Waals surface area contributed by atoms with E-state index >= 15 is 0 Å². The van der Waals surface area contributed by atoms with Gasteiger partial charge in [0, 0.05) is 0 Å². The predicted octanol–water partition coefficient (Wildman–Crippen LogP) is 2.31. The van der Waals surface area contributed by atoms with Crippen molar-refractivity contribution in [3.8, 4) is 0 Å². The molecule has 15 heavy (non-hydrogen) atoms. The number of rotatable bonds is 2. The summed E-state index contributed by atoms with van der Waals surface area (Å²) in [7, 11) is 0. The maximum atomic E-state index is 13.4. The van der Waals surface area contributed by atoms with E-state index in [0.717, 1.165) is 25.5 Å². The first-order valence-corrected chi connectivity index (χ1v) is 5.13. The van der Waals surface area contributed by atoms with Crippen molar-refractivity contribution in [3.63, 3.8) is 0 Å². The van der Waals surface area contributed by atoms with E-state index in [0.29, 0.717) is 6.42 Å². The minimum Gasteiger partial charge on any atom is -0.362 e. The van der Waals surface area contributed by atoms with Crippen LogP contribution >= 0.6 is 0 Å². The molecule has 1 fully saturated rings. The zero-order valence-corrected chi connectivity index (χ0v) is 8.29. The van der Waals surface area contributed by atoms with Gasteiger partial charge in [-0.15, -0.1) is 0 Å². The Morgan fingerprint density at radius 1 is 1.33 bits per heavy atom. The van der Waals surface area contributed by atoms with Gasteiger partial charge < -0.3 is 5.32 Å². The van der Waals surface area contributed by atoms with Crippen LogP contribution in [0.5, 0.6) is 0 Å². The van der Waals surface area contributed by atoms with Gasteiger partial charge >= 0.3 is 0 Å². The molecular formula is C10H13F2N3. The number of nitrogens with zero attached hydrogens (tertiary/aromatic N) is 2. The Hall–Kier alpha value is -1.26. The summed E-state index contributed by atoms with van der Waals surface area (Å²) >= 11 is 0. The summed E-state index contributed by atoms with van der Waals surface area (Å²) in [5, 5.41) is 2.80. The molecule has 0 aliphatic heterocycles. The van der Waals surface area contributed by atoms with Crippen molar-refractivity contribution in [2.24, 2.45) is 0 Å². The third-order valence-electron chi connectivity index (χ3n) is 2.67. The second-order valence-corrected chi connectivity index (χ2v) is 3.77. The topological polar surface area (TPSA) is 37.8 Å². The molecule has 2 atom stereocenters. The van der Waals surface area contributed by atoms with Gasteiger partial charge in [0.05, 0.1) is 12.2 Å². The van der Waals surface area contributed by atoms with Gasteiger partial charge in [-0.3, -0.25) is 0 Å². The van der Waals surface area contributed by atoms with E-state index in [-0.39, 0.29) is 11.9 Å². The van der Waals surface area contributed by atoms with Crippen LogP contribution in [-0.4, -0.2) is 22.2 Å². The summed E-state index contributed by atoms with van der Waals surface area (Å²) in [6, 6.07) is -0.317. The molecule has 1 aromatic rings. The number of aromatic nitrogens is 2. The van der Waals surface area contributed by atoms with Gasteiger partial charge in [0.15, 0.2) is 11.6 Å². The second kappa shape index (κ2) is 4.51. The number of alkyl halides is 1. The predicted molar refractivity (Wildman–Crippen MR) is 52.8 cm³/mol. The van der Waals surface area contributed by atoms with Crippen LogP contribution in [0.1, 0.15) is 25.7 Å². The molecule has 0 bridgehead atoms. The van der Waals surface area contributed by atoms with Crippen molar-refractivity contribution in [2.75, 3.05) is 5.32 Å². The van der Waals surface area contributed by atoms with Crippen LogP contribution in [-0.2, 0) is 0 Å². The lowest BCUT2D eigenvalue weighted by atomic mass is 9.94. The molecule has 5 heteroatoms. The highest BCUT2D eigenvalue weighted by atomic mass is 19.1. The first kappa shape index (κ1) is 10.3. The third-order valence-corrected chi connectivity index (χ3v) is 2.67. The molecule has 1 aromatic heterocycles. The molecule has 3 nitrogen and oxygen atoms in total. The van der Waals surface area contributed by atoms with Crippen molar-refractivity contribution in [1.29, 1.82) is 0 Å². The Labute approximate surface area is 86.9 Å². The lowest BCUT2D eigenvalue weighted by molar-refractivity contribution is 0.229. The zero-order chi connectivity index (χ0) is 10.7. The molecule has 1 aliphatic rings. The number of hydrogen-bond donors (Lipinski definition) is 1. The Morgan fingerprint density at radius 2 is 2.13 bits per heavy atom. The summed E-state index contributed by atoms with van der Waals surface area (Å²) in [5.74, 6) is -0.435. The summed E-state index contributed by atoms with van der Waals surface area (Å²) in [4.78, 5) is 7.28. The fraction of sp³-hybridized carbons (Fsp3) is 0.600. The number of nitrogens with one attached hydrogen (secondary N) is 1. The summed E-state index contributed by atoms with van der Waals surface area (Å²) < 4.78 is 26.6. The lowest BCUT2D eigenvalue weighted by Crippen LogP contribution is -2.34. The molecule has 2 rings (SSSR count). The van der Waals surface area contributed by atoms with E-state index < -0.39 is 12.0 Å². The molecular weight excluding hydrogens is 200 g/mol. The first-order valence-electron chi connectivity index (χ1n) is 5.13. The van der Waals surface area contributed by atoms with E-state index in [9.17, 15) is 8.78 Å². The molecule has 0 amide bonds. The number of anilines is 1. The van der Waals surface area contributed by atoms with Gasteiger partial charge in [0.2, 0.25) is 0 Å². The van der Waals surface area contributed by atoms with Crippen molar-refractivity contribution in [3.05, 3.63) is 18.3 Å². The smallest absolute Gasteiger partial charge is 0.183 e. The van der Waals surface area contributed by atoms with Gasteiger partial charge in [-0.1, -0.05) is 12.8 Å². The van der Waals surface area contributed by atoms with Crippen LogP contribution in [0.2, 0.25) is 0 Å². The van der Waals surface area contributed by atoms with Crippen LogP contribution in [0.3, 0.4) is 0 Å². The molecule has 82 valence electrons. The zero-order valence-electron chi connectivity index (χ0n) is 8.29. The van der Waals surface area contributed by atoms with E-state index in [1.54, 1.807) is 0 Å². The Kier molecular flexibility index (Phi) is 3.08. The van der Waals surface area contributed by atoms with Crippen molar-refractivity contribution < 1.29 is 8.78 Å². The largest absolute Gasteiger partial charge is 0.362 e. The molecule has 0 aromatic carbocycles. The average molecular weight is 213 g/mol. The van der Waals surface area contributed by atoms with Crippen molar-refractivity contribution in [1.82, 2.24) is 9.97 Å². The van der Waals surface area contributed by atoms with Gasteiger partial charge in [0.1, 0.15) is 12.5 Å². The lowest BCUT2D eigenvalue weighted by Gasteiger charge is -2.27. The average Bonchev–Trinajstić information content (AvgIpc) is 2.24. The monoisotopic (exact) mass is 213 g/mol. The first-order chi connectivity index (χ1) is 7.27. The van der Waals surface area contributed by atoms with Crippen LogP contribution < -0.4 is 5.32 Å². The summed E-state index contributed by atoms with van der Waals surface area (Å²) in [6.45, 7) is 0. The van der Waals surface area contributed by atoms with Crippen LogP contribution in [0.15, 0.2) is 12.5 Å². The SMILES string of the molecule is Fc1cncnc1N[C@@H]1CCCC[C@H]1F. The van der Waals surface area contributed by atoms with Crippen LogP contribution in [0, 0.1) is 5.82 Å². The van der Waals surface area contributed by atoms with E-state index in [4.69, 9.17) is 0 Å². The number of hydrogen-bond acceptors (Lipinski definition) is 3. The van der Waals surface area contributed by atoms with E-state index in [1.165, 1.54) is 6.33 Å². The Balaban J connectivity index is 2.04. The molecule has 0 radical (unpaired) electrons. The van der Waals surface area contributed by atoms with Crippen molar-refractivity contribution >= 4 is 5.82 Å². The van der Waals surface area contributed by atoms with Gasteiger partial charge in [-0.25, -0.2) is 18.7 Å². The highest BCUT2D eigenvalue weighted by Crippen LogP contribution is 2.24. The van der Waals surface area contributed by atoms with Crippen LogP contribution in [0.25, 0.3) is 0 Å². The standard InChI is InChI=1S/C10H13F2N3/c11-7-3-1-2-4-9(7)15-10-8(12)5-13-6-14-10/h5-7,9H,1-4H2,(H,13,14,15)/t7-,9-/m1/s1. The van der Waals surface area contributed by atoms with Gasteiger partial charge in [0.25, 0.3) is 0 Å². The minimum absolute atomic E-state index is 0.0968. The molecule has 1 heterocycles. The van der Waals surface area contributed by atoms with Crippen molar-refractivity contribution in [2.45, 2.75) is 37.9 Å². The van der Waals surface area contributed by atoms with E-state index in [2.05, 4.69) is 15.3 Å². The maximum absolute atomic E-state index is 13.4. The highest BCUT2D eigenvalue weighted by Gasteiger charge is 2.25. The Morgan fingerprint density at radius 3 is 2.87 bits per heavy atom. The fourth-order valence-corrected chi connectivity index (χ4v) is 1.84. The summed E-state index contributed by atoms with van der Waals surface area (Å²) in [5.41, 5.74) is 0. The molecule has 0 unspecified atom stereocenters. The molecule has 1 aliphatic carbocycles. The number of halogens is 2. The molecule has 0 saturated heterocycles. The molecule has 1 N–H and O–H groups in total. The second-order valence-electron chi connectivity index (χ2n) is 3.77. The summed E-state index contributed by atoms with van der Waals surface area (Å²) in [6.07, 6.45) is 4.58. The fourth-order valence-electron chi connectivity index (χ4n) is 1.84. The highest BCUT2D eigenvalue weighted by molar-refractivity contribution is 5.35. The van der Waals surface area contributed by atoms with Gasteiger partial charge in [-0.2, -0.15) is 0 Å². The van der Waals surface area contributed by atoms with Gasteiger partial charge in [-0.05, 0) is 12.8 Å². The Bertz CT molecular complexity index is 332. The quantitative estimate of drug-likeness (QED) is 0.819.